The van der Waals surface area contributed by atoms with Crippen LogP contribution in [0.3, 0.4) is 0 Å². The third kappa shape index (κ3) is 4.06. The first-order valence-corrected chi connectivity index (χ1v) is 6.61. The van der Waals surface area contributed by atoms with Crippen LogP contribution in [-0.4, -0.2) is 40.8 Å². The zero-order valence-corrected chi connectivity index (χ0v) is 10.6. The van der Waals surface area contributed by atoms with E-state index in [4.69, 9.17) is 0 Å². The van der Waals surface area contributed by atoms with Gasteiger partial charge in [0.25, 0.3) is 0 Å². The molecule has 0 radical (unpaired) electrons. The van der Waals surface area contributed by atoms with E-state index in [1.807, 2.05) is 6.07 Å². The molecule has 4 nitrogen and oxygen atoms in total. The Bertz CT molecular complexity index is 314. The van der Waals surface area contributed by atoms with E-state index < -0.39 is 0 Å². The van der Waals surface area contributed by atoms with Gasteiger partial charge in [-0.15, -0.1) is 0 Å². The molecule has 1 unspecified atom stereocenters. The fraction of sp³-hybridized carbons (Fsp3) is 0.692. The SMILES string of the molecule is CCC1CCN(Cc2cccnn2)CCCN1. The predicted molar refractivity (Wildman–Crippen MR) is 68.6 cm³/mol. The van der Waals surface area contributed by atoms with Crippen LogP contribution in [0.1, 0.15) is 31.9 Å². The standard InChI is InChI=1S/C13H22N4/c1-2-12-6-10-17(9-4-7-14-12)11-13-5-3-8-15-16-13/h3,5,8,12,14H,2,4,6-7,9-11H2,1H3. The molecule has 1 aromatic heterocycles. The largest absolute Gasteiger partial charge is 0.314 e. The van der Waals surface area contributed by atoms with E-state index in [2.05, 4.69) is 33.4 Å². The van der Waals surface area contributed by atoms with Crippen molar-refractivity contribution in [3.63, 3.8) is 0 Å². The minimum atomic E-state index is 0.680. The molecular formula is C13H22N4. The fourth-order valence-electron chi connectivity index (χ4n) is 2.31. The van der Waals surface area contributed by atoms with E-state index in [1.54, 1.807) is 6.20 Å². The maximum atomic E-state index is 4.16. The summed E-state index contributed by atoms with van der Waals surface area (Å²) in [5, 5.41) is 11.7. The van der Waals surface area contributed by atoms with Gasteiger partial charge in [-0.2, -0.15) is 10.2 Å². The first-order valence-electron chi connectivity index (χ1n) is 6.61. The minimum Gasteiger partial charge on any atom is -0.314 e. The van der Waals surface area contributed by atoms with Crippen LogP contribution in [-0.2, 0) is 6.54 Å². The van der Waals surface area contributed by atoms with Crippen molar-refractivity contribution in [2.75, 3.05) is 19.6 Å². The third-order valence-corrected chi connectivity index (χ3v) is 3.38. The number of nitrogens with one attached hydrogen (secondary N) is 1. The minimum absolute atomic E-state index is 0.680. The lowest BCUT2D eigenvalue weighted by atomic mass is 10.1. The molecule has 0 spiro atoms. The van der Waals surface area contributed by atoms with Crippen molar-refractivity contribution in [3.8, 4) is 0 Å². The van der Waals surface area contributed by atoms with Gasteiger partial charge in [0.15, 0.2) is 0 Å². The molecule has 94 valence electrons. The summed E-state index contributed by atoms with van der Waals surface area (Å²) < 4.78 is 0. The van der Waals surface area contributed by atoms with Crippen LogP contribution in [0.25, 0.3) is 0 Å². The molecule has 4 heteroatoms. The van der Waals surface area contributed by atoms with Crippen molar-refractivity contribution in [1.82, 2.24) is 20.4 Å². The summed E-state index contributed by atoms with van der Waals surface area (Å²) in [6.45, 7) is 6.63. The number of aromatic nitrogens is 2. The summed E-state index contributed by atoms with van der Waals surface area (Å²) in [4.78, 5) is 2.49. The van der Waals surface area contributed by atoms with E-state index in [0.29, 0.717) is 6.04 Å². The van der Waals surface area contributed by atoms with Crippen molar-refractivity contribution >= 4 is 0 Å². The van der Waals surface area contributed by atoms with E-state index in [1.165, 1.54) is 19.3 Å². The Morgan fingerprint density at radius 3 is 3.18 bits per heavy atom. The second-order valence-corrected chi connectivity index (χ2v) is 4.69. The normalized spacial score (nSPS) is 23.0. The molecule has 0 bridgehead atoms. The van der Waals surface area contributed by atoms with E-state index in [9.17, 15) is 0 Å². The van der Waals surface area contributed by atoms with Crippen molar-refractivity contribution < 1.29 is 0 Å². The first-order chi connectivity index (χ1) is 8.38. The summed E-state index contributed by atoms with van der Waals surface area (Å²) in [5.74, 6) is 0. The molecule has 17 heavy (non-hydrogen) atoms. The van der Waals surface area contributed by atoms with E-state index >= 15 is 0 Å². The number of rotatable bonds is 3. The molecule has 2 heterocycles. The molecule has 1 fully saturated rings. The summed E-state index contributed by atoms with van der Waals surface area (Å²) >= 11 is 0. The van der Waals surface area contributed by atoms with Crippen LogP contribution < -0.4 is 5.32 Å². The molecule has 1 aliphatic heterocycles. The van der Waals surface area contributed by atoms with Gasteiger partial charge in [0, 0.05) is 25.3 Å². The predicted octanol–water partition coefficient (Wildman–Crippen LogP) is 1.44. The molecule has 1 aromatic rings. The molecule has 0 aromatic carbocycles. The molecule has 2 rings (SSSR count). The average molecular weight is 234 g/mol. The van der Waals surface area contributed by atoms with Crippen LogP contribution in [0.5, 0.6) is 0 Å². The van der Waals surface area contributed by atoms with Crippen molar-refractivity contribution in [2.24, 2.45) is 0 Å². The highest BCUT2D eigenvalue weighted by atomic mass is 15.2. The lowest BCUT2D eigenvalue weighted by Crippen LogP contribution is -2.39. The van der Waals surface area contributed by atoms with Crippen molar-refractivity contribution in [2.45, 2.75) is 38.8 Å². The molecule has 0 amide bonds. The number of hydrogen-bond donors (Lipinski definition) is 1. The topological polar surface area (TPSA) is 41.1 Å². The van der Waals surface area contributed by atoms with E-state index in [-0.39, 0.29) is 0 Å². The summed E-state index contributed by atoms with van der Waals surface area (Å²) in [6.07, 6.45) is 5.40. The van der Waals surface area contributed by atoms with Gasteiger partial charge < -0.3 is 5.32 Å². The monoisotopic (exact) mass is 234 g/mol. The molecule has 0 saturated carbocycles. The van der Waals surface area contributed by atoms with E-state index in [0.717, 1.165) is 31.9 Å². The highest BCUT2D eigenvalue weighted by Crippen LogP contribution is 2.08. The number of hydrogen-bond acceptors (Lipinski definition) is 4. The van der Waals surface area contributed by atoms with Gasteiger partial charge in [-0.25, -0.2) is 0 Å². The Morgan fingerprint density at radius 2 is 2.41 bits per heavy atom. The zero-order chi connectivity index (χ0) is 11.9. The maximum Gasteiger partial charge on any atom is 0.0771 e. The lowest BCUT2D eigenvalue weighted by molar-refractivity contribution is 0.221. The third-order valence-electron chi connectivity index (χ3n) is 3.38. The maximum absolute atomic E-state index is 4.16. The molecule has 1 N–H and O–H groups in total. The summed E-state index contributed by atoms with van der Waals surface area (Å²) in [6, 6.07) is 4.70. The Kier molecular flexibility index (Phi) is 4.88. The highest BCUT2D eigenvalue weighted by Gasteiger charge is 2.13. The fourth-order valence-corrected chi connectivity index (χ4v) is 2.31. The van der Waals surface area contributed by atoms with Crippen molar-refractivity contribution in [1.29, 1.82) is 0 Å². The van der Waals surface area contributed by atoms with Gasteiger partial charge in [-0.1, -0.05) is 6.92 Å². The smallest absolute Gasteiger partial charge is 0.0771 e. The van der Waals surface area contributed by atoms with Gasteiger partial charge in [0.1, 0.15) is 0 Å². The molecular weight excluding hydrogens is 212 g/mol. The molecule has 0 aliphatic carbocycles. The van der Waals surface area contributed by atoms with Gasteiger partial charge in [-0.3, -0.25) is 4.90 Å². The van der Waals surface area contributed by atoms with Crippen LogP contribution in [0, 0.1) is 0 Å². The average Bonchev–Trinajstić information content (AvgIpc) is 2.35. The summed E-state index contributed by atoms with van der Waals surface area (Å²) in [7, 11) is 0. The second-order valence-electron chi connectivity index (χ2n) is 4.69. The Labute approximate surface area is 103 Å². The Balaban J connectivity index is 1.87. The number of nitrogens with zero attached hydrogens (tertiary/aromatic N) is 3. The highest BCUT2D eigenvalue weighted by molar-refractivity contribution is 4.98. The van der Waals surface area contributed by atoms with Crippen LogP contribution in [0.4, 0.5) is 0 Å². The quantitative estimate of drug-likeness (QED) is 0.859. The lowest BCUT2D eigenvalue weighted by Gasteiger charge is -2.28. The van der Waals surface area contributed by atoms with Crippen LogP contribution >= 0.6 is 0 Å². The van der Waals surface area contributed by atoms with Gasteiger partial charge in [0.05, 0.1) is 5.69 Å². The second kappa shape index (κ2) is 6.67. The summed E-state index contributed by atoms with van der Waals surface area (Å²) in [5.41, 5.74) is 1.08. The molecule has 1 atom stereocenters. The van der Waals surface area contributed by atoms with Crippen LogP contribution in [0.2, 0.25) is 0 Å². The Hall–Kier alpha value is -1.00. The zero-order valence-electron chi connectivity index (χ0n) is 10.6. The molecule has 1 aliphatic rings. The Morgan fingerprint density at radius 1 is 1.47 bits per heavy atom. The van der Waals surface area contributed by atoms with Gasteiger partial charge >= 0.3 is 0 Å². The van der Waals surface area contributed by atoms with Crippen LogP contribution in [0.15, 0.2) is 18.3 Å². The first kappa shape index (κ1) is 12.5. The van der Waals surface area contributed by atoms with Crippen molar-refractivity contribution in [3.05, 3.63) is 24.0 Å². The van der Waals surface area contributed by atoms with Gasteiger partial charge in [-0.05, 0) is 44.5 Å². The van der Waals surface area contributed by atoms with Gasteiger partial charge in [0.2, 0.25) is 0 Å². The molecule has 1 saturated heterocycles.